The third-order valence-corrected chi connectivity index (χ3v) is 3.10. The Bertz CT molecular complexity index is 733. The van der Waals surface area contributed by atoms with E-state index in [1.165, 1.54) is 18.2 Å². The normalized spacial score (nSPS) is 11.5. The van der Waals surface area contributed by atoms with Crippen LogP contribution in [0.5, 0.6) is 0 Å². The van der Waals surface area contributed by atoms with E-state index >= 15 is 0 Å². The lowest BCUT2D eigenvalue weighted by molar-refractivity contribution is -0.130. The molecule has 0 bridgehead atoms. The Hall–Kier alpha value is -1.84. The highest BCUT2D eigenvalue weighted by molar-refractivity contribution is 6.42. The third kappa shape index (κ3) is 3.26. The van der Waals surface area contributed by atoms with E-state index in [1.807, 2.05) is 0 Å². The van der Waals surface area contributed by atoms with Crippen LogP contribution in [0.2, 0.25) is 10.0 Å². The number of halogens is 5. The maximum atomic E-state index is 12.4. The van der Waals surface area contributed by atoms with Crippen LogP contribution in [-0.4, -0.2) is 20.8 Å². The van der Waals surface area contributed by atoms with E-state index < -0.39 is 22.9 Å². The average Bonchev–Trinajstić information content (AvgIpc) is 2.40. The molecule has 2 aromatic rings. The molecule has 0 atom stereocenters. The fourth-order valence-electron chi connectivity index (χ4n) is 1.37. The molecule has 0 radical (unpaired) electrons. The van der Waals surface area contributed by atoms with Crippen LogP contribution in [0.3, 0.4) is 0 Å². The molecular weight excluding hydrogens is 334 g/mol. The van der Waals surface area contributed by atoms with Crippen LogP contribution in [0.15, 0.2) is 29.3 Å². The lowest BCUT2D eigenvalue weighted by Gasteiger charge is -2.18. The van der Waals surface area contributed by atoms with Gasteiger partial charge in [-0.1, -0.05) is 23.2 Å². The first kappa shape index (κ1) is 15.5. The van der Waals surface area contributed by atoms with Crippen molar-refractivity contribution < 1.29 is 13.2 Å². The van der Waals surface area contributed by atoms with Gasteiger partial charge in [0.2, 0.25) is 0 Å². The molecule has 1 heterocycles. The molecule has 0 spiro atoms. The minimum Gasteiger partial charge on any atom is -0.251 e. The summed E-state index contributed by atoms with van der Waals surface area (Å²) in [5, 5.41) is -0.231. The second kappa shape index (κ2) is 5.51. The standard InChI is InChI=1S/C10H6Cl2F3N5O/c11-6-2-1-5(3-7(6)12)19-4-17-8(18-9(19)21)20(16)10(13,14)15/h1-4H,16H2. The van der Waals surface area contributed by atoms with Crippen molar-refractivity contribution in [3.05, 3.63) is 45.1 Å². The number of nitrogens with two attached hydrogens (primary N) is 1. The van der Waals surface area contributed by atoms with Crippen molar-refractivity contribution in [2.75, 3.05) is 5.01 Å². The predicted molar refractivity (Wildman–Crippen MR) is 70.4 cm³/mol. The summed E-state index contributed by atoms with van der Waals surface area (Å²) in [6.45, 7) is 0. The van der Waals surface area contributed by atoms with Crippen LogP contribution in [0.4, 0.5) is 19.1 Å². The maximum Gasteiger partial charge on any atom is 0.501 e. The quantitative estimate of drug-likeness (QED) is 0.515. The third-order valence-electron chi connectivity index (χ3n) is 2.36. The zero-order valence-corrected chi connectivity index (χ0v) is 11.5. The molecule has 1 aromatic carbocycles. The Kier molecular flexibility index (Phi) is 4.08. The van der Waals surface area contributed by atoms with Gasteiger partial charge >= 0.3 is 12.0 Å². The SMILES string of the molecule is NN(c1ncn(-c2ccc(Cl)c(Cl)c2)c(=O)n1)C(F)(F)F. The van der Waals surface area contributed by atoms with E-state index in [1.54, 1.807) is 0 Å². The molecule has 21 heavy (non-hydrogen) atoms. The summed E-state index contributed by atoms with van der Waals surface area (Å²) < 4.78 is 38.0. The number of aromatic nitrogens is 3. The second-order valence-corrected chi connectivity index (χ2v) is 4.56. The average molecular weight is 340 g/mol. The van der Waals surface area contributed by atoms with Crippen LogP contribution < -0.4 is 16.5 Å². The summed E-state index contributed by atoms with van der Waals surface area (Å²) in [5.74, 6) is 3.80. The van der Waals surface area contributed by atoms with Crippen LogP contribution in [0.25, 0.3) is 5.69 Å². The molecule has 11 heteroatoms. The highest BCUT2D eigenvalue weighted by Crippen LogP contribution is 2.24. The van der Waals surface area contributed by atoms with Gasteiger partial charge in [-0.15, -0.1) is 13.2 Å². The van der Waals surface area contributed by atoms with Gasteiger partial charge in [0, 0.05) is 0 Å². The number of nitrogens with zero attached hydrogens (tertiary/aromatic N) is 4. The predicted octanol–water partition coefficient (Wildman–Crippen LogP) is 2.13. The molecule has 0 aliphatic heterocycles. The Balaban J connectivity index is 2.45. The second-order valence-electron chi connectivity index (χ2n) is 3.75. The van der Waals surface area contributed by atoms with Gasteiger partial charge in [0.05, 0.1) is 15.7 Å². The molecule has 1 aromatic heterocycles. The molecule has 0 aliphatic carbocycles. The molecule has 6 nitrogen and oxygen atoms in total. The van der Waals surface area contributed by atoms with Gasteiger partial charge in [-0.3, -0.25) is 4.57 Å². The molecule has 2 N–H and O–H groups in total. The van der Waals surface area contributed by atoms with Crippen molar-refractivity contribution in [2.45, 2.75) is 6.30 Å². The lowest BCUT2D eigenvalue weighted by atomic mass is 10.3. The van der Waals surface area contributed by atoms with Crippen molar-refractivity contribution in [1.82, 2.24) is 14.5 Å². The molecule has 0 fully saturated rings. The van der Waals surface area contributed by atoms with Gasteiger partial charge in [-0.25, -0.2) is 15.6 Å². The largest absolute Gasteiger partial charge is 0.501 e. The number of hydrogen-bond acceptors (Lipinski definition) is 5. The van der Waals surface area contributed by atoms with E-state index in [-0.39, 0.29) is 15.7 Å². The summed E-state index contributed by atoms with van der Waals surface area (Å²) in [4.78, 5) is 18.3. The van der Waals surface area contributed by atoms with E-state index in [4.69, 9.17) is 29.0 Å². The first-order valence-corrected chi connectivity index (χ1v) is 5.98. The number of hydrogen-bond donors (Lipinski definition) is 1. The molecule has 0 aliphatic rings. The van der Waals surface area contributed by atoms with Gasteiger partial charge in [0.25, 0.3) is 5.95 Å². The van der Waals surface area contributed by atoms with Crippen LogP contribution >= 0.6 is 23.2 Å². The smallest absolute Gasteiger partial charge is 0.251 e. The molecule has 0 saturated carbocycles. The van der Waals surface area contributed by atoms with Crippen LogP contribution in [0.1, 0.15) is 0 Å². The van der Waals surface area contributed by atoms with E-state index in [2.05, 4.69) is 9.97 Å². The number of anilines is 1. The maximum absolute atomic E-state index is 12.4. The molecule has 112 valence electrons. The topological polar surface area (TPSA) is 77.0 Å². The number of hydrazine groups is 1. The Labute approximate surface area is 125 Å². The molecular formula is C10H6Cl2F3N5O. The lowest BCUT2D eigenvalue weighted by Crippen LogP contribution is -2.46. The van der Waals surface area contributed by atoms with Gasteiger partial charge in [0.1, 0.15) is 6.33 Å². The number of rotatable bonds is 2. The summed E-state index contributed by atoms with van der Waals surface area (Å²) in [6.07, 6.45) is -4.04. The van der Waals surface area contributed by atoms with Crippen LogP contribution in [0, 0.1) is 0 Å². The van der Waals surface area contributed by atoms with Gasteiger partial charge in [-0.05, 0) is 18.2 Å². The fourth-order valence-corrected chi connectivity index (χ4v) is 1.66. The highest BCUT2D eigenvalue weighted by atomic mass is 35.5. The van der Waals surface area contributed by atoms with Gasteiger partial charge in [-0.2, -0.15) is 9.99 Å². The summed E-state index contributed by atoms with van der Waals surface area (Å²) >= 11 is 11.5. The monoisotopic (exact) mass is 339 g/mol. The minimum absolute atomic E-state index is 0.167. The van der Waals surface area contributed by atoms with Crippen molar-refractivity contribution in [2.24, 2.45) is 5.84 Å². The summed E-state index contributed by atoms with van der Waals surface area (Å²) in [6, 6.07) is 4.20. The Morgan fingerprint density at radius 2 is 1.90 bits per heavy atom. The number of alkyl halides is 3. The van der Waals surface area contributed by atoms with Crippen molar-refractivity contribution in [3.8, 4) is 5.69 Å². The van der Waals surface area contributed by atoms with Crippen molar-refractivity contribution >= 4 is 29.2 Å². The van der Waals surface area contributed by atoms with E-state index in [0.717, 1.165) is 10.9 Å². The van der Waals surface area contributed by atoms with Crippen LogP contribution in [-0.2, 0) is 0 Å². The number of benzene rings is 1. The van der Waals surface area contributed by atoms with E-state index in [0.29, 0.717) is 0 Å². The zero-order chi connectivity index (χ0) is 15.8. The molecule has 0 unspecified atom stereocenters. The Morgan fingerprint density at radius 1 is 1.24 bits per heavy atom. The highest BCUT2D eigenvalue weighted by Gasteiger charge is 2.37. The summed E-state index contributed by atoms with van der Waals surface area (Å²) in [7, 11) is 0. The van der Waals surface area contributed by atoms with Gasteiger partial charge in [0.15, 0.2) is 0 Å². The van der Waals surface area contributed by atoms with Crippen molar-refractivity contribution in [3.63, 3.8) is 0 Å². The molecule has 0 saturated heterocycles. The fraction of sp³-hybridized carbons (Fsp3) is 0.100. The first-order chi connectivity index (χ1) is 9.70. The van der Waals surface area contributed by atoms with E-state index in [9.17, 15) is 18.0 Å². The molecule has 2 rings (SSSR count). The Morgan fingerprint density at radius 3 is 2.43 bits per heavy atom. The van der Waals surface area contributed by atoms with Crippen molar-refractivity contribution in [1.29, 1.82) is 0 Å². The first-order valence-electron chi connectivity index (χ1n) is 5.23. The molecule has 0 amide bonds. The van der Waals surface area contributed by atoms with Gasteiger partial charge < -0.3 is 0 Å². The zero-order valence-electron chi connectivity index (χ0n) is 9.97. The summed E-state index contributed by atoms with van der Waals surface area (Å²) in [5.41, 5.74) is -0.755. The minimum atomic E-state index is -4.90.